The van der Waals surface area contributed by atoms with Gasteiger partial charge in [0.15, 0.2) is 16.9 Å². The fourth-order valence-electron chi connectivity index (χ4n) is 3.72. The number of aromatic hydroxyl groups is 1. The molecule has 1 N–H and O–H groups in total. The first-order valence-corrected chi connectivity index (χ1v) is 11.1. The van der Waals surface area contributed by atoms with Gasteiger partial charge in [-0.25, -0.2) is 4.79 Å². The van der Waals surface area contributed by atoms with E-state index in [2.05, 4.69) is 4.90 Å². The number of rotatable bonds is 4. The number of esters is 2. The molecule has 0 radical (unpaired) electrons. The third kappa shape index (κ3) is 5.31. The molecule has 0 saturated carbocycles. The molecule has 1 aliphatic heterocycles. The smallest absolute Gasteiger partial charge is 0.415 e. The second kappa shape index (κ2) is 10.1. The number of carbonyl (C=O) groups is 3. The van der Waals surface area contributed by atoms with Crippen molar-refractivity contribution in [3.05, 3.63) is 46.6 Å². The molecular weight excluding hydrogens is 472 g/mol. The van der Waals surface area contributed by atoms with Crippen molar-refractivity contribution in [3.63, 3.8) is 0 Å². The summed E-state index contributed by atoms with van der Waals surface area (Å²) in [7, 11) is 1.99. The Hall–Kier alpha value is -4.38. The molecule has 188 valence electrons. The lowest BCUT2D eigenvalue weighted by molar-refractivity contribution is -0.134. The topological polar surface area (TPSA) is 136 Å². The zero-order valence-corrected chi connectivity index (χ0v) is 19.9. The van der Waals surface area contributed by atoms with Crippen LogP contribution in [0.4, 0.5) is 4.79 Å². The number of amides is 1. The van der Waals surface area contributed by atoms with Crippen molar-refractivity contribution in [1.82, 2.24) is 9.80 Å². The van der Waals surface area contributed by atoms with E-state index in [1.54, 1.807) is 29.2 Å². The molecule has 1 fully saturated rings. The van der Waals surface area contributed by atoms with Gasteiger partial charge in [-0.05, 0) is 31.3 Å². The number of piperazine rings is 1. The van der Waals surface area contributed by atoms with Crippen LogP contribution in [0.3, 0.4) is 0 Å². The predicted octanol–water partition coefficient (Wildman–Crippen LogP) is 2.76. The third-order valence-corrected chi connectivity index (χ3v) is 5.51. The average Bonchev–Trinajstić information content (AvgIpc) is 2.81. The van der Waals surface area contributed by atoms with Crippen LogP contribution >= 0.6 is 0 Å². The molecule has 1 aliphatic rings. The number of nitrogens with zero attached hydrogens (tertiary/aromatic N) is 2. The number of benzene rings is 2. The van der Waals surface area contributed by atoms with Gasteiger partial charge < -0.3 is 33.5 Å². The van der Waals surface area contributed by atoms with Gasteiger partial charge in [0, 0.05) is 57.7 Å². The summed E-state index contributed by atoms with van der Waals surface area (Å²) >= 11 is 0. The van der Waals surface area contributed by atoms with E-state index >= 15 is 0 Å². The molecule has 0 bridgehead atoms. The Morgan fingerprint density at radius 3 is 2.11 bits per heavy atom. The average molecular weight is 496 g/mol. The van der Waals surface area contributed by atoms with Gasteiger partial charge in [0.1, 0.15) is 22.5 Å². The van der Waals surface area contributed by atoms with E-state index in [-0.39, 0.29) is 16.7 Å². The lowest BCUT2D eigenvalue weighted by Gasteiger charge is -2.31. The van der Waals surface area contributed by atoms with Crippen molar-refractivity contribution < 1.29 is 38.1 Å². The van der Waals surface area contributed by atoms with E-state index in [4.69, 9.17) is 18.6 Å². The van der Waals surface area contributed by atoms with Gasteiger partial charge in [-0.3, -0.25) is 14.4 Å². The Morgan fingerprint density at radius 2 is 1.50 bits per heavy atom. The molecule has 36 heavy (non-hydrogen) atoms. The number of hydrogen-bond donors (Lipinski definition) is 1. The largest absolute Gasteiger partial charge is 0.504 e. The molecule has 0 spiro atoms. The summed E-state index contributed by atoms with van der Waals surface area (Å²) in [5, 5.41) is 10.2. The Kier molecular flexibility index (Phi) is 6.93. The highest BCUT2D eigenvalue weighted by molar-refractivity contribution is 5.93. The Labute approximate surface area is 205 Å². The highest BCUT2D eigenvalue weighted by Gasteiger charge is 2.24. The van der Waals surface area contributed by atoms with Crippen molar-refractivity contribution in [2.24, 2.45) is 0 Å². The first kappa shape index (κ1) is 24.7. The van der Waals surface area contributed by atoms with Crippen LogP contribution < -0.4 is 19.6 Å². The van der Waals surface area contributed by atoms with Gasteiger partial charge in [-0.2, -0.15) is 0 Å². The summed E-state index contributed by atoms with van der Waals surface area (Å²) in [6.07, 6.45) is -0.440. The van der Waals surface area contributed by atoms with Gasteiger partial charge >= 0.3 is 18.0 Å². The van der Waals surface area contributed by atoms with Crippen LogP contribution in [-0.2, 0) is 9.59 Å². The molecule has 11 heteroatoms. The maximum absolute atomic E-state index is 13.0. The van der Waals surface area contributed by atoms with Crippen molar-refractivity contribution in [2.75, 3.05) is 33.2 Å². The lowest BCUT2D eigenvalue weighted by atomic mass is 10.1. The molecule has 2 heterocycles. The van der Waals surface area contributed by atoms with Crippen LogP contribution in [0.5, 0.6) is 23.0 Å². The maximum atomic E-state index is 13.0. The molecule has 1 aromatic heterocycles. The zero-order valence-electron chi connectivity index (χ0n) is 19.9. The number of ether oxygens (including phenoxy) is 3. The van der Waals surface area contributed by atoms with Crippen molar-refractivity contribution in [1.29, 1.82) is 0 Å². The first-order chi connectivity index (χ1) is 17.1. The van der Waals surface area contributed by atoms with E-state index in [0.717, 1.165) is 33.0 Å². The summed E-state index contributed by atoms with van der Waals surface area (Å²) in [5.41, 5.74) is -0.194. The van der Waals surface area contributed by atoms with Gasteiger partial charge in [0.25, 0.3) is 0 Å². The molecular formula is C25H24N2O9. The van der Waals surface area contributed by atoms with Gasteiger partial charge in [-0.15, -0.1) is 0 Å². The minimum Gasteiger partial charge on any atom is -0.504 e. The number of phenolic OH excluding ortho intramolecular Hbond substituents is 1. The standard InChI is InChI=1S/C25H24N2O9/c1-14(28)33-23-19(31)13-21-22(24(23)34-15(2)29)18(30)12-20(36-21)16-4-6-17(7-5-16)35-25(32)27-10-8-26(3)9-11-27/h4-7,12-13,31H,8-11H2,1-3H3. The van der Waals surface area contributed by atoms with E-state index < -0.39 is 40.7 Å². The van der Waals surface area contributed by atoms with Crippen LogP contribution in [0.25, 0.3) is 22.3 Å². The number of phenols is 1. The minimum absolute atomic E-state index is 0.0901. The number of likely N-dealkylation sites (N-methyl/N-ethyl adjacent to an activating group) is 1. The predicted molar refractivity (Wildman–Crippen MR) is 127 cm³/mol. The molecule has 1 saturated heterocycles. The van der Waals surface area contributed by atoms with Crippen molar-refractivity contribution >= 4 is 29.0 Å². The van der Waals surface area contributed by atoms with Gasteiger partial charge in [0.2, 0.25) is 5.75 Å². The highest BCUT2D eigenvalue weighted by Crippen LogP contribution is 2.43. The fraction of sp³-hybridized carbons (Fsp3) is 0.280. The first-order valence-electron chi connectivity index (χ1n) is 11.1. The molecule has 2 aromatic carbocycles. The quantitative estimate of drug-likeness (QED) is 0.424. The molecule has 3 aromatic rings. The Balaban J connectivity index is 1.64. The summed E-state index contributed by atoms with van der Waals surface area (Å²) < 4.78 is 21.3. The molecule has 11 nitrogen and oxygen atoms in total. The number of hydrogen-bond acceptors (Lipinski definition) is 10. The fourth-order valence-corrected chi connectivity index (χ4v) is 3.72. The second-order valence-electron chi connectivity index (χ2n) is 8.27. The lowest BCUT2D eigenvalue weighted by Crippen LogP contribution is -2.48. The van der Waals surface area contributed by atoms with Crippen LogP contribution in [0.2, 0.25) is 0 Å². The second-order valence-corrected chi connectivity index (χ2v) is 8.27. The van der Waals surface area contributed by atoms with Crippen LogP contribution in [-0.4, -0.2) is 66.2 Å². The third-order valence-electron chi connectivity index (χ3n) is 5.51. The zero-order chi connectivity index (χ0) is 26.0. The number of carbonyl (C=O) groups excluding carboxylic acids is 3. The van der Waals surface area contributed by atoms with Crippen molar-refractivity contribution in [3.8, 4) is 34.3 Å². The van der Waals surface area contributed by atoms with Crippen LogP contribution in [0, 0.1) is 0 Å². The summed E-state index contributed by atoms with van der Waals surface area (Å²) in [5.74, 6) is -2.53. The normalized spacial score (nSPS) is 13.9. The summed E-state index contributed by atoms with van der Waals surface area (Å²) in [6.45, 7) is 4.90. The monoisotopic (exact) mass is 496 g/mol. The van der Waals surface area contributed by atoms with Crippen molar-refractivity contribution in [2.45, 2.75) is 13.8 Å². The maximum Gasteiger partial charge on any atom is 0.415 e. The molecule has 0 unspecified atom stereocenters. The summed E-state index contributed by atoms with van der Waals surface area (Å²) in [4.78, 5) is 52.2. The SMILES string of the molecule is CC(=O)Oc1c(O)cc2oc(-c3ccc(OC(=O)N4CCN(C)CC4)cc3)cc(=O)c2c1OC(C)=O. The van der Waals surface area contributed by atoms with E-state index in [1.165, 1.54) is 6.07 Å². The minimum atomic E-state index is -0.791. The van der Waals surface area contributed by atoms with Crippen LogP contribution in [0.1, 0.15) is 13.8 Å². The number of fused-ring (bicyclic) bond motifs is 1. The molecule has 4 rings (SSSR count). The highest BCUT2D eigenvalue weighted by atomic mass is 16.6. The van der Waals surface area contributed by atoms with E-state index in [9.17, 15) is 24.3 Å². The Morgan fingerprint density at radius 1 is 0.889 bits per heavy atom. The van der Waals surface area contributed by atoms with Gasteiger partial charge in [0.05, 0.1) is 0 Å². The van der Waals surface area contributed by atoms with Crippen LogP contribution in [0.15, 0.2) is 45.6 Å². The molecule has 0 aliphatic carbocycles. The van der Waals surface area contributed by atoms with E-state index in [0.29, 0.717) is 24.4 Å². The Bertz CT molecular complexity index is 1390. The molecule has 0 atom stereocenters. The van der Waals surface area contributed by atoms with E-state index in [1.807, 2.05) is 7.05 Å². The summed E-state index contributed by atoms with van der Waals surface area (Å²) in [6, 6.07) is 8.62. The molecule has 1 amide bonds. The van der Waals surface area contributed by atoms with Gasteiger partial charge in [-0.1, -0.05) is 0 Å².